The number of hydrogen-bond acceptors (Lipinski definition) is 3. The molecular formula is C10H9NOS. The Hall–Kier alpha value is -1.22. The van der Waals surface area contributed by atoms with Crippen molar-refractivity contribution >= 4 is 11.8 Å². The Morgan fingerprint density at radius 3 is 2.46 bits per heavy atom. The second-order valence-electron chi connectivity index (χ2n) is 2.64. The van der Waals surface area contributed by atoms with E-state index in [9.17, 15) is 0 Å². The first-order valence-electron chi connectivity index (χ1n) is 3.94. The van der Waals surface area contributed by atoms with E-state index in [1.54, 1.807) is 24.2 Å². The lowest BCUT2D eigenvalue weighted by Gasteiger charge is -1.97. The smallest absolute Gasteiger partial charge is 0.131 e. The summed E-state index contributed by atoms with van der Waals surface area (Å²) in [5.41, 5.74) is 2.16. The van der Waals surface area contributed by atoms with Crippen molar-refractivity contribution in [3.8, 4) is 11.1 Å². The van der Waals surface area contributed by atoms with Crippen LogP contribution in [0.3, 0.4) is 0 Å². The Morgan fingerprint density at radius 2 is 1.92 bits per heavy atom. The van der Waals surface area contributed by atoms with Crippen LogP contribution in [0, 0.1) is 0 Å². The Bertz CT molecular complexity index is 366. The molecule has 0 N–H and O–H groups in total. The number of thioether (sulfide) groups is 1. The molecule has 0 atom stereocenters. The van der Waals surface area contributed by atoms with Gasteiger partial charge in [0.2, 0.25) is 0 Å². The fraction of sp³-hybridized carbons (Fsp3) is 0.100. The van der Waals surface area contributed by atoms with Crippen LogP contribution in [0.2, 0.25) is 0 Å². The highest BCUT2D eigenvalue weighted by atomic mass is 32.2. The molecule has 13 heavy (non-hydrogen) atoms. The van der Waals surface area contributed by atoms with Gasteiger partial charge in [-0.05, 0) is 24.0 Å². The molecule has 0 aliphatic heterocycles. The third-order valence-electron chi connectivity index (χ3n) is 1.86. The first-order valence-corrected chi connectivity index (χ1v) is 5.16. The van der Waals surface area contributed by atoms with Gasteiger partial charge in [-0.3, -0.25) is 0 Å². The van der Waals surface area contributed by atoms with E-state index in [1.165, 1.54) is 4.90 Å². The van der Waals surface area contributed by atoms with Crippen molar-refractivity contribution < 1.29 is 4.52 Å². The molecule has 0 unspecified atom stereocenters. The van der Waals surface area contributed by atoms with E-state index in [0.29, 0.717) is 0 Å². The van der Waals surface area contributed by atoms with Crippen LogP contribution < -0.4 is 0 Å². The lowest BCUT2D eigenvalue weighted by atomic mass is 10.1. The summed E-state index contributed by atoms with van der Waals surface area (Å²) in [7, 11) is 0. The molecule has 0 radical (unpaired) electrons. The maximum absolute atomic E-state index is 4.77. The molecule has 1 heterocycles. The number of benzene rings is 1. The molecular weight excluding hydrogens is 182 g/mol. The minimum atomic E-state index is 1.02. The lowest BCUT2D eigenvalue weighted by Crippen LogP contribution is -1.73. The van der Waals surface area contributed by atoms with E-state index in [0.717, 1.165) is 11.1 Å². The molecule has 0 spiro atoms. The summed E-state index contributed by atoms with van der Waals surface area (Å²) >= 11 is 1.74. The van der Waals surface area contributed by atoms with Crippen LogP contribution in [0.4, 0.5) is 0 Å². The number of nitrogens with zero attached hydrogens (tertiary/aromatic N) is 1. The zero-order valence-electron chi connectivity index (χ0n) is 7.23. The van der Waals surface area contributed by atoms with Gasteiger partial charge in [0.05, 0.1) is 6.20 Å². The molecule has 0 bridgehead atoms. The number of rotatable bonds is 2. The van der Waals surface area contributed by atoms with Crippen LogP contribution >= 0.6 is 11.8 Å². The summed E-state index contributed by atoms with van der Waals surface area (Å²) in [6.07, 6.45) is 5.43. The second kappa shape index (κ2) is 3.66. The maximum Gasteiger partial charge on any atom is 0.131 e. The number of aromatic nitrogens is 1. The molecule has 1 aromatic carbocycles. The molecule has 1 aromatic heterocycles. The maximum atomic E-state index is 4.77. The van der Waals surface area contributed by atoms with Gasteiger partial charge in [0.25, 0.3) is 0 Å². The van der Waals surface area contributed by atoms with E-state index < -0.39 is 0 Å². The largest absolute Gasteiger partial charge is 0.364 e. The molecule has 66 valence electrons. The van der Waals surface area contributed by atoms with Gasteiger partial charge in [-0.1, -0.05) is 17.3 Å². The monoisotopic (exact) mass is 191 g/mol. The van der Waals surface area contributed by atoms with Crippen molar-refractivity contribution in [3.63, 3.8) is 0 Å². The summed E-state index contributed by atoms with van der Waals surface area (Å²) in [6, 6.07) is 8.32. The molecule has 0 saturated heterocycles. The van der Waals surface area contributed by atoms with E-state index in [-0.39, 0.29) is 0 Å². The zero-order valence-corrected chi connectivity index (χ0v) is 8.04. The topological polar surface area (TPSA) is 26.0 Å². The van der Waals surface area contributed by atoms with Crippen molar-refractivity contribution in [2.75, 3.05) is 6.26 Å². The first kappa shape index (κ1) is 8.38. The first-order chi connectivity index (χ1) is 6.40. The van der Waals surface area contributed by atoms with Crippen LogP contribution in [-0.2, 0) is 0 Å². The highest BCUT2D eigenvalue weighted by Crippen LogP contribution is 2.22. The third-order valence-corrected chi connectivity index (χ3v) is 2.60. The summed E-state index contributed by atoms with van der Waals surface area (Å²) in [4.78, 5) is 1.26. The minimum absolute atomic E-state index is 1.02. The van der Waals surface area contributed by atoms with Crippen LogP contribution in [0.1, 0.15) is 0 Å². The highest BCUT2D eigenvalue weighted by molar-refractivity contribution is 7.98. The van der Waals surface area contributed by atoms with Gasteiger partial charge in [-0.15, -0.1) is 11.8 Å². The Morgan fingerprint density at radius 1 is 1.15 bits per heavy atom. The Labute approximate surface area is 80.9 Å². The zero-order chi connectivity index (χ0) is 9.10. The van der Waals surface area contributed by atoms with Crippen molar-refractivity contribution in [3.05, 3.63) is 36.7 Å². The molecule has 2 nitrogen and oxygen atoms in total. The summed E-state index contributed by atoms with van der Waals surface area (Å²) in [5, 5.41) is 3.66. The van der Waals surface area contributed by atoms with Crippen molar-refractivity contribution in [1.82, 2.24) is 5.16 Å². The Kier molecular flexibility index (Phi) is 2.36. The van der Waals surface area contributed by atoms with Gasteiger partial charge in [-0.25, -0.2) is 0 Å². The second-order valence-corrected chi connectivity index (χ2v) is 3.52. The fourth-order valence-corrected chi connectivity index (χ4v) is 1.54. The van der Waals surface area contributed by atoms with Gasteiger partial charge in [-0.2, -0.15) is 0 Å². The standard InChI is InChI=1S/C10H9NOS/c1-13-10-4-2-8(3-5-10)9-6-11-12-7-9/h2-7H,1H3. The highest BCUT2D eigenvalue weighted by Gasteiger charge is 1.98. The van der Waals surface area contributed by atoms with Crippen LogP contribution in [0.15, 0.2) is 46.1 Å². The van der Waals surface area contributed by atoms with E-state index >= 15 is 0 Å². The average molecular weight is 191 g/mol. The lowest BCUT2D eigenvalue weighted by molar-refractivity contribution is 0.420. The summed E-state index contributed by atoms with van der Waals surface area (Å²) < 4.78 is 4.77. The van der Waals surface area contributed by atoms with E-state index in [2.05, 4.69) is 35.7 Å². The van der Waals surface area contributed by atoms with Gasteiger partial charge in [0, 0.05) is 10.5 Å². The van der Waals surface area contributed by atoms with Crippen LogP contribution in [0.25, 0.3) is 11.1 Å². The average Bonchev–Trinajstić information content (AvgIpc) is 2.71. The molecule has 0 amide bonds. The Balaban J connectivity index is 2.33. The van der Waals surface area contributed by atoms with Crippen molar-refractivity contribution in [2.24, 2.45) is 0 Å². The van der Waals surface area contributed by atoms with Crippen LogP contribution in [-0.4, -0.2) is 11.4 Å². The van der Waals surface area contributed by atoms with Crippen molar-refractivity contribution in [2.45, 2.75) is 4.90 Å². The minimum Gasteiger partial charge on any atom is -0.364 e. The van der Waals surface area contributed by atoms with Gasteiger partial charge < -0.3 is 4.52 Å². The summed E-state index contributed by atoms with van der Waals surface area (Å²) in [5.74, 6) is 0. The van der Waals surface area contributed by atoms with Gasteiger partial charge in [0.15, 0.2) is 0 Å². The third kappa shape index (κ3) is 1.75. The predicted octanol–water partition coefficient (Wildman–Crippen LogP) is 3.06. The van der Waals surface area contributed by atoms with Crippen molar-refractivity contribution in [1.29, 1.82) is 0 Å². The molecule has 0 aliphatic rings. The normalized spacial score (nSPS) is 10.2. The molecule has 0 fully saturated rings. The molecule has 0 aliphatic carbocycles. The number of hydrogen-bond donors (Lipinski definition) is 0. The molecule has 2 rings (SSSR count). The van der Waals surface area contributed by atoms with E-state index in [1.807, 2.05) is 0 Å². The van der Waals surface area contributed by atoms with Gasteiger partial charge >= 0.3 is 0 Å². The molecule has 3 heteroatoms. The fourth-order valence-electron chi connectivity index (χ4n) is 1.13. The quantitative estimate of drug-likeness (QED) is 0.682. The SMILES string of the molecule is CSc1ccc(-c2cnoc2)cc1. The summed E-state index contributed by atoms with van der Waals surface area (Å²) in [6.45, 7) is 0. The van der Waals surface area contributed by atoms with Crippen LogP contribution in [0.5, 0.6) is 0 Å². The molecule has 2 aromatic rings. The van der Waals surface area contributed by atoms with E-state index in [4.69, 9.17) is 4.52 Å². The predicted molar refractivity (Wildman–Crippen MR) is 53.7 cm³/mol. The molecule has 0 saturated carbocycles. The van der Waals surface area contributed by atoms with Gasteiger partial charge in [0.1, 0.15) is 6.26 Å².